The quantitative estimate of drug-likeness (QED) is 0.715. The molecule has 0 spiro atoms. The first kappa shape index (κ1) is 17.5. The Balaban J connectivity index is 2.08. The maximum Gasteiger partial charge on any atom is 0.273 e. The van der Waals surface area contributed by atoms with Crippen molar-refractivity contribution in [2.24, 2.45) is 0 Å². The van der Waals surface area contributed by atoms with Crippen LogP contribution in [0, 0.1) is 6.92 Å². The Morgan fingerprint density at radius 2 is 1.70 bits per heavy atom. The third-order valence-electron chi connectivity index (χ3n) is 3.13. The molecule has 2 aromatic rings. The number of hydrogen-bond acceptors (Lipinski definition) is 3. The van der Waals surface area contributed by atoms with E-state index in [4.69, 9.17) is 4.74 Å². The molecule has 0 bridgehead atoms. The number of hydrazine groups is 1. The molecule has 23 heavy (non-hydrogen) atoms. The van der Waals surface area contributed by atoms with Crippen LogP contribution in [0.2, 0.25) is 0 Å². The van der Waals surface area contributed by atoms with Crippen LogP contribution in [-0.2, 0) is 0 Å². The highest BCUT2D eigenvalue weighted by molar-refractivity contribution is 9.10. The number of rotatable bonds is 3. The van der Waals surface area contributed by atoms with E-state index in [2.05, 4.69) is 42.7 Å². The Kier molecular flexibility index (Phi) is 5.79. The molecule has 0 atom stereocenters. The highest BCUT2D eigenvalue weighted by Gasteiger charge is 2.14. The first-order valence-corrected chi connectivity index (χ1v) is 8.21. The molecule has 0 unspecified atom stereocenters. The first-order chi connectivity index (χ1) is 10.9. The van der Waals surface area contributed by atoms with E-state index < -0.39 is 11.8 Å². The summed E-state index contributed by atoms with van der Waals surface area (Å²) in [6.45, 7) is 1.92. The Labute approximate surface area is 150 Å². The fourth-order valence-corrected chi connectivity index (χ4v) is 2.58. The Morgan fingerprint density at radius 1 is 1.00 bits per heavy atom. The summed E-state index contributed by atoms with van der Waals surface area (Å²) in [5, 5.41) is 0. The molecule has 120 valence electrons. The van der Waals surface area contributed by atoms with Crippen LogP contribution < -0.4 is 15.6 Å². The number of aryl methyl sites for hydroxylation is 1. The zero-order valence-electron chi connectivity index (χ0n) is 12.4. The minimum atomic E-state index is -0.470. The van der Waals surface area contributed by atoms with Gasteiger partial charge in [0.1, 0.15) is 5.75 Å². The summed E-state index contributed by atoms with van der Waals surface area (Å²) >= 11 is 6.67. The lowest BCUT2D eigenvalue weighted by atomic mass is 10.1. The van der Waals surface area contributed by atoms with Gasteiger partial charge in [-0.05, 0) is 42.8 Å². The predicted molar refractivity (Wildman–Crippen MR) is 94.5 cm³/mol. The van der Waals surface area contributed by atoms with Crippen LogP contribution in [0.4, 0.5) is 0 Å². The monoisotopic (exact) mass is 440 g/mol. The van der Waals surface area contributed by atoms with E-state index in [1.54, 1.807) is 30.3 Å². The van der Waals surface area contributed by atoms with Crippen molar-refractivity contribution in [1.29, 1.82) is 0 Å². The summed E-state index contributed by atoms with van der Waals surface area (Å²) in [6.07, 6.45) is 0. The van der Waals surface area contributed by atoms with Crippen LogP contribution in [0.15, 0.2) is 45.3 Å². The van der Waals surface area contributed by atoms with E-state index in [1.165, 1.54) is 7.11 Å². The van der Waals surface area contributed by atoms with Gasteiger partial charge in [0, 0.05) is 14.5 Å². The third-order valence-corrected chi connectivity index (χ3v) is 4.48. The fourth-order valence-electron chi connectivity index (χ4n) is 1.84. The third kappa shape index (κ3) is 4.33. The fraction of sp³-hybridized carbons (Fsp3) is 0.125. The van der Waals surface area contributed by atoms with Gasteiger partial charge in [-0.1, -0.05) is 37.9 Å². The molecule has 2 amide bonds. The molecule has 0 aliphatic rings. The van der Waals surface area contributed by atoms with E-state index in [1.807, 2.05) is 13.0 Å². The van der Waals surface area contributed by atoms with Crippen molar-refractivity contribution in [3.05, 3.63) is 62.0 Å². The highest BCUT2D eigenvalue weighted by Crippen LogP contribution is 2.22. The van der Waals surface area contributed by atoms with E-state index in [9.17, 15) is 9.59 Å². The van der Waals surface area contributed by atoms with Gasteiger partial charge in [-0.15, -0.1) is 0 Å². The minimum absolute atomic E-state index is 0.312. The van der Waals surface area contributed by atoms with Crippen LogP contribution in [0.25, 0.3) is 0 Å². The number of methoxy groups -OCH3 is 1. The molecule has 0 aliphatic carbocycles. The van der Waals surface area contributed by atoms with Gasteiger partial charge in [0.25, 0.3) is 11.8 Å². The standard InChI is InChI=1S/C16H14Br2N2O3/c1-9-3-4-10(7-13(9)18)15(21)19-20-16(22)12-8-11(17)5-6-14(12)23-2/h3-8H,1-2H3,(H,19,21)(H,20,22). The van der Waals surface area contributed by atoms with Gasteiger partial charge in [0.2, 0.25) is 0 Å². The van der Waals surface area contributed by atoms with Crippen molar-refractivity contribution in [3.8, 4) is 5.75 Å². The summed E-state index contributed by atoms with van der Waals surface area (Å²) in [6, 6.07) is 10.2. The SMILES string of the molecule is COc1ccc(Br)cc1C(=O)NNC(=O)c1ccc(C)c(Br)c1. The Bertz CT molecular complexity index is 763. The molecule has 0 fully saturated rings. The molecule has 2 aromatic carbocycles. The highest BCUT2D eigenvalue weighted by atomic mass is 79.9. The summed E-state index contributed by atoms with van der Waals surface area (Å²) in [5.41, 5.74) is 6.53. The lowest BCUT2D eigenvalue weighted by Crippen LogP contribution is -2.41. The average molecular weight is 442 g/mol. The molecule has 0 heterocycles. The normalized spacial score (nSPS) is 10.1. The molecule has 7 heteroatoms. The van der Waals surface area contributed by atoms with Crippen LogP contribution in [-0.4, -0.2) is 18.9 Å². The zero-order valence-corrected chi connectivity index (χ0v) is 15.6. The van der Waals surface area contributed by atoms with E-state index in [0.29, 0.717) is 16.9 Å². The molecular formula is C16H14Br2N2O3. The number of hydrogen-bond donors (Lipinski definition) is 2. The van der Waals surface area contributed by atoms with Gasteiger partial charge >= 0.3 is 0 Å². The Hall–Kier alpha value is -1.86. The number of amides is 2. The molecule has 2 N–H and O–H groups in total. The Morgan fingerprint density at radius 3 is 2.35 bits per heavy atom. The lowest BCUT2D eigenvalue weighted by molar-refractivity contribution is 0.0845. The van der Waals surface area contributed by atoms with Gasteiger partial charge in [0.15, 0.2) is 0 Å². The second-order valence-electron chi connectivity index (χ2n) is 4.72. The second kappa shape index (κ2) is 7.61. The number of carbonyl (C=O) groups excluding carboxylic acids is 2. The van der Waals surface area contributed by atoms with Crippen LogP contribution in [0.1, 0.15) is 26.3 Å². The van der Waals surface area contributed by atoms with Gasteiger partial charge in [-0.2, -0.15) is 0 Å². The number of carbonyl (C=O) groups is 2. The predicted octanol–water partition coefficient (Wildman–Crippen LogP) is 3.60. The minimum Gasteiger partial charge on any atom is -0.496 e. The zero-order chi connectivity index (χ0) is 17.0. The molecule has 5 nitrogen and oxygen atoms in total. The van der Waals surface area contributed by atoms with Crippen LogP contribution >= 0.6 is 31.9 Å². The van der Waals surface area contributed by atoms with Crippen molar-refractivity contribution >= 4 is 43.7 Å². The van der Waals surface area contributed by atoms with Crippen LogP contribution in [0.3, 0.4) is 0 Å². The van der Waals surface area contributed by atoms with Crippen molar-refractivity contribution in [2.45, 2.75) is 6.92 Å². The number of nitrogens with one attached hydrogen (secondary N) is 2. The first-order valence-electron chi connectivity index (χ1n) is 6.62. The molecule has 0 saturated carbocycles. The number of halogens is 2. The molecule has 0 aliphatic heterocycles. The average Bonchev–Trinajstić information content (AvgIpc) is 2.54. The molecule has 0 aromatic heterocycles. The number of benzene rings is 2. The van der Waals surface area contributed by atoms with Gasteiger partial charge in [0.05, 0.1) is 12.7 Å². The maximum atomic E-state index is 12.2. The van der Waals surface area contributed by atoms with E-state index in [0.717, 1.165) is 14.5 Å². The molecule has 0 saturated heterocycles. The second-order valence-corrected chi connectivity index (χ2v) is 6.49. The largest absolute Gasteiger partial charge is 0.496 e. The van der Waals surface area contributed by atoms with Crippen molar-refractivity contribution in [3.63, 3.8) is 0 Å². The van der Waals surface area contributed by atoms with Gasteiger partial charge < -0.3 is 4.74 Å². The number of ether oxygens (including phenoxy) is 1. The summed E-state index contributed by atoms with van der Waals surface area (Å²) in [5.74, 6) is -0.464. The summed E-state index contributed by atoms with van der Waals surface area (Å²) in [7, 11) is 1.47. The smallest absolute Gasteiger partial charge is 0.273 e. The van der Waals surface area contributed by atoms with Gasteiger partial charge in [-0.25, -0.2) is 0 Å². The van der Waals surface area contributed by atoms with E-state index in [-0.39, 0.29) is 0 Å². The van der Waals surface area contributed by atoms with Crippen molar-refractivity contribution in [2.75, 3.05) is 7.11 Å². The van der Waals surface area contributed by atoms with Gasteiger partial charge in [-0.3, -0.25) is 20.4 Å². The molecule has 0 radical (unpaired) electrons. The topological polar surface area (TPSA) is 67.4 Å². The van der Waals surface area contributed by atoms with E-state index >= 15 is 0 Å². The van der Waals surface area contributed by atoms with Crippen molar-refractivity contribution < 1.29 is 14.3 Å². The van der Waals surface area contributed by atoms with Crippen molar-refractivity contribution in [1.82, 2.24) is 10.9 Å². The summed E-state index contributed by atoms with van der Waals surface area (Å²) in [4.78, 5) is 24.3. The van der Waals surface area contributed by atoms with Crippen LogP contribution in [0.5, 0.6) is 5.75 Å². The molecular weight excluding hydrogens is 428 g/mol. The maximum absolute atomic E-state index is 12.2. The summed E-state index contributed by atoms with van der Waals surface area (Å²) < 4.78 is 6.70. The molecule has 2 rings (SSSR count). The lowest BCUT2D eigenvalue weighted by Gasteiger charge is -2.11.